The van der Waals surface area contributed by atoms with Gasteiger partial charge in [0.25, 0.3) is 10.1 Å². The van der Waals surface area contributed by atoms with Gasteiger partial charge in [0.15, 0.2) is 0 Å². The smallest absolute Gasteiger partial charge is 0.294 e. The molecule has 0 fully saturated rings. The van der Waals surface area contributed by atoms with Crippen LogP contribution in [-0.4, -0.2) is 62.3 Å². The van der Waals surface area contributed by atoms with Crippen molar-refractivity contribution in [2.45, 2.75) is 24.8 Å². The van der Waals surface area contributed by atoms with E-state index >= 15 is 0 Å². The number of aliphatic hydroxyl groups excluding tert-OH is 2. The maximum Gasteiger partial charge on any atom is 0.294 e. The summed E-state index contributed by atoms with van der Waals surface area (Å²) in [5.74, 6) is 0. The zero-order valence-corrected chi connectivity index (χ0v) is 13.6. The summed E-state index contributed by atoms with van der Waals surface area (Å²) in [6.07, 6.45) is -0.423. The standard InChI is InChI=1S/C7H16O4.C7H8O3S/c1-7(9)6-11-5-4-10-3-2-8;1-6-2-4-7(5-3-6)11(8,9)10/h7-9H,2-6H2,1H3;2-5H,1H3,(H,8,9,10). The molecule has 0 heterocycles. The molecule has 1 unspecified atom stereocenters. The van der Waals surface area contributed by atoms with Gasteiger partial charge in [0.1, 0.15) is 0 Å². The van der Waals surface area contributed by atoms with Gasteiger partial charge < -0.3 is 19.7 Å². The molecule has 0 aliphatic heterocycles. The number of ether oxygens (including phenoxy) is 2. The van der Waals surface area contributed by atoms with E-state index in [1.807, 2.05) is 6.92 Å². The molecule has 0 radical (unpaired) electrons. The SMILES string of the molecule is CC(O)COCCOCCO.Cc1ccc(S(=O)(=O)O)cc1. The van der Waals surface area contributed by atoms with Gasteiger partial charge in [0, 0.05) is 0 Å². The summed E-state index contributed by atoms with van der Waals surface area (Å²) in [6, 6.07) is 5.99. The van der Waals surface area contributed by atoms with Gasteiger partial charge in [-0.1, -0.05) is 17.7 Å². The predicted octanol–water partition coefficient (Wildman–Crippen LogP) is 0.634. The first kappa shape index (κ1) is 21.0. The molecule has 1 aromatic carbocycles. The Morgan fingerprint density at radius 3 is 2.09 bits per heavy atom. The molecule has 1 rings (SSSR count). The van der Waals surface area contributed by atoms with Gasteiger partial charge in [-0.3, -0.25) is 4.55 Å². The first-order chi connectivity index (χ1) is 10.3. The quantitative estimate of drug-likeness (QED) is 0.471. The summed E-state index contributed by atoms with van der Waals surface area (Å²) in [6.45, 7) is 5.15. The van der Waals surface area contributed by atoms with Gasteiger partial charge in [-0.2, -0.15) is 8.42 Å². The third-order valence-corrected chi connectivity index (χ3v) is 3.15. The van der Waals surface area contributed by atoms with Crippen molar-refractivity contribution in [1.82, 2.24) is 0 Å². The average Bonchev–Trinajstić information content (AvgIpc) is 2.42. The van der Waals surface area contributed by atoms with Gasteiger partial charge in [-0.05, 0) is 26.0 Å². The molecule has 0 aromatic heterocycles. The molecule has 0 aliphatic rings. The molecule has 0 saturated heterocycles. The van der Waals surface area contributed by atoms with Gasteiger partial charge in [0.2, 0.25) is 0 Å². The van der Waals surface area contributed by atoms with Crippen molar-refractivity contribution in [2.24, 2.45) is 0 Å². The van der Waals surface area contributed by atoms with Gasteiger partial charge >= 0.3 is 0 Å². The summed E-state index contributed by atoms with van der Waals surface area (Å²) in [4.78, 5) is -0.0666. The fraction of sp³-hybridized carbons (Fsp3) is 0.571. The highest BCUT2D eigenvalue weighted by molar-refractivity contribution is 7.85. The Kier molecular flexibility index (Phi) is 11.0. The van der Waals surface area contributed by atoms with Crippen LogP contribution in [0.25, 0.3) is 0 Å². The minimum atomic E-state index is -4.02. The van der Waals surface area contributed by atoms with Crippen molar-refractivity contribution in [3.8, 4) is 0 Å². The van der Waals surface area contributed by atoms with Crippen LogP contribution in [0, 0.1) is 6.92 Å². The highest BCUT2D eigenvalue weighted by Crippen LogP contribution is 2.08. The van der Waals surface area contributed by atoms with Crippen LogP contribution in [0.5, 0.6) is 0 Å². The molecule has 0 spiro atoms. The van der Waals surface area contributed by atoms with Crippen molar-refractivity contribution in [1.29, 1.82) is 0 Å². The maximum atomic E-state index is 10.5. The zero-order valence-electron chi connectivity index (χ0n) is 12.8. The number of hydrogen-bond donors (Lipinski definition) is 3. The van der Waals surface area contributed by atoms with E-state index in [0.717, 1.165) is 5.56 Å². The lowest BCUT2D eigenvalue weighted by atomic mass is 10.2. The maximum absolute atomic E-state index is 10.5. The van der Waals surface area contributed by atoms with Crippen LogP contribution in [0.2, 0.25) is 0 Å². The number of hydrogen-bond acceptors (Lipinski definition) is 6. The van der Waals surface area contributed by atoms with Crippen LogP contribution in [0.1, 0.15) is 12.5 Å². The van der Waals surface area contributed by atoms with Crippen molar-refractivity contribution >= 4 is 10.1 Å². The minimum Gasteiger partial charge on any atom is -0.394 e. The molecule has 1 atom stereocenters. The lowest BCUT2D eigenvalue weighted by Gasteiger charge is -2.05. The Bertz CT molecular complexity index is 482. The lowest BCUT2D eigenvalue weighted by molar-refractivity contribution is 0.00292. The molecular weight excluding hydrogens is 312 g/mol. The van der Waals surface area contributed by atoms with E-state index in [1.165, 1.54) is 12.1 Å². The highest BCUT2D eigenvalue weighted by Gasteiger charge is 2.06. The molecule has 7 nitrogen and oxygen atoms in total. The first-order valence-electron chi connectivity index (χ1n) is 6.76. The molecule has 8 heteroatoms. The van der Waals surface area contributed by atoms with E-state index in [-0.39, 0.29) is 11.5 Å². The molecule has 1 aromatic rings. The van der Waals surface area contributed by atoms with E-state index in [0.29, 0.717) is 26.4 Å². The normalized spacial score (nSPS) is 12.4. The Morgan fingerprint density at radius 1 is 1.09 bits per heavy atom. The number of aryl methyl sites for hydroxylation is 1. The summed E-state index contributed by atoms with van der Waals surface area (Å²) >= 11 is 0. The van der Waals surface area contributed by atoms with E-state index in [1.54, 1.807) is 19.1 Å². The molecule has 0 aliphatic carbocycles. The molecule has 0 bridgehead atoms. The van der Waals surface area contributed by atoms with Gasteiger partial charge in [0.05, 0.1) is 44.0 Å². The third-order valence-electron chi connectivity index (χ3n) is 2.29. The monoisotopic (exact) mass is 336 g/mol. The highest BCUT2D eigenvalue weighted by atomic mass is 32.2. The number of aliphatic hydroxyl groups is 2. The largest absolute Gasteiger partial charge is 0.394 e. The van der Waals surface area contributed by atoms with Crippen LogP contribution in [-0.2, 0) is 19.6 Å². The molecule has 0 saturated carbocycles. The Hall–Kier alpha value is -1.03. The molecular formula is C14H24O7S. The van der Waals surface area contributed by atoms with Crippen LogP contribution in [0.15, 0.2) is 29.2 Å². The Morgan fingerprint density at radius 2 is 1.64 bits per heavy atom. The predicted molar refractivity (Wildman–Crippen MR) is 81.4 cm³/mol. The van der Waals surface area contributed by atoms with Gasteiger partial charge in [-0.25, -0.2) is 0 Å². The van der Waals surface area contributed by atoms with Crippen molar-refractivity contribution in [2.75, 3.05) is 33.0 Å². The first-order valence-corrected chi connectivity index (χ1v) is 8.20. The van der Waals surface area contributed by atoms with Gasteiger partial charge in [-0.15, -0.1) is 0 Å². The molecule has 3 N–H and O–H groups in total. The van der Waals surface area contributed by atoms with Crippen LogP contribution >= 0.6 is 0 Å². The van der Waals surface area contributed by atoms with Crippen LogP contribution in [0.4, 0.5) is 0 Å². The second-order valence-electron chi connectivity index (χ2n) is 4.55. The second-order valence-corrected chi connectivity index (χ2v) is 5.97. The van der Waals surface area contributed by atoms with Crippen molar-refractivity contribution < 1.29 is 32.7 Å². The number of rotatable bonds is 8. The minimum absolute atomic E-state index is 0.0381. The average molecular weight is 336 g/mol. The topological polar surface area (TPSA) is 113 Å². The van der Waals surface area contributed by atoms with Crippen LogP contribution < -0.4 is 0 Å². The molecule has 128 valence electrons. The third kappa shape index (κ3) is 11.6. The summed E-state index contributed by atoms with van der Waals surface area (Å²) in [7, 11) is -4.02. The van der Waals surface area contributed by atoms with E-state index in [4.69, 9.17) is 24.2 Å². The molecule has 0 amide bonds. The van der Waals surface area contributed by atoms with Crippen molar-refractivity contribution in [3.63, 3.8) is 0 Å². The van der Waals surface area contributed by atoms with Crippen LogP contribution in [0.3, 0.4) is 0 Å². The second kappa shape index (κ2) is 11.5. The van der Waals surface area contributed by atoms with E-state index in [2.05, 4.69) is 0 Å². The van der Waals surface area contributed by atoms with E-state index in [9.17, 15) is 8.42 Å². The van der Waals surface area contributed by atoms with Crippen molar-refractivity contribution in [3.05, 3.63) is 29.8 Å². The summed E-state index contributed by atoms with van der Waals surface area (Å²) in [5, 5.41) is 17.1. The Balaban J connectivity index is 0.000000401. The van der Waals surface area contributed by atoms with E-state index < -0.39 is 16.2 Å². The summed E-state index contributed by atoms with van der Waals surface area (Å²) < 4.78 is 39.4. The fourth-order valence-corrected chi connectivity index (χ4v) is 1.73. The fourth-order valence-electron chi connectivity index (χ4n) is 1.25. The summed E-state index contributed by atoms with van der Waals surface area (Å²) in [5.41, 5.74) is 0.956. The Labute approximate surface area is 131 Å². The molecule has 22 heavy (non-hydrogen) atoms. The zero-order chi connectivity index (χ0) is 17.0. The lowest BCUT2D eigenvalue weighted by Crippen LogP contribution is -2.14. The number of benzene rings is 1.